The third-order valence-corrected chi connectivity index (χ3v) is 7.19. The summed E-state index contributed by atoms with van der Waals surface area (Å²) in [4.78, 5) is 2.00. The number of hydrogen-bond donors (Lipinski definition) is 1. The summed E-state index contributed by atoms with van der Waals surface area (Å²) in [6.45, 7) is 1.56. The quantitative estimate of drug-likeness (QED) is 0.784. The van der Waals surface area contributed by atoms with Crippen molar-refractivity contribution in [1.82, 2.24) is 4.90 Å². The molecule has 2 aromatic carbocycles. The maximum absolute atomic E-state index is 13.8. The van der Waals surface area contributed by atoms with Gasteiger partial charge in [-0.25, -0.2) is 12.8 Å². The van der Waals surface area contributed by atoms with Crippen molar-refractivity contribution in [2.75, 3.05) is 25.9 Å². The third-order valence-electron chi connectivity index (χ3n) is 5.30. The Morgan fingerprint density at radius 2 is 1.96 bits per heavy atom. The summed E-state index contributed by atoms with van der Waals surface area (Å²) < 4.78 is 47.8. The molecule has 1 N–H and O–H groups in total. The molecule has 5 nitrogen and oxygen atoms in total. The van der Waals surface area contributed by atoms with Gasteiger partial charge < -0.3 is 9.64 Å². The van der Waals surface area contributed by atoms with Gasteiger partial charge in [0, 0.05) is 16.6 Å². The van der Waals surface area contributed by atoms with E-state index in [1.165, 1.54) is 0 Å². The topological polar surface area (TPSA) is 58.6 Å². The summed E-state index contributed by atoms with van der Waals surface area (Å²) in [5.74, 6) is 0.0519. The van der Waals surface area contributed by atoms with Crippen LogP contribution in [0.5, 0.6) is 5.75 Å². The Labute approximate surface area is 170 Å². The summed E-state index contributed by atoms with van der Waals surface area (Å²) in [5.41, 5.74) is 2.72. The van der Waals surface area contributed by atoms with E-state index in [0.717, 1.165) is 48.3 Å². The van der Waals surface area contributed by atoms with Gasteiger partial charge in [-0.1, -0.05) is 11.6 Å². The lowest BCUT2D eigenvalue weighted by Gasteiger charge is -2.32. The molecule has 2 aromatic rings. The average molecular weight is 427 g/mol. The maximum atomic E-state index is 13.8. The van der Waals surface area contributed by atoms with Crippen LogP contribution < -0.4 is 9.46 Å². The molecular weight excluding hydrogens is 403 g/mol. The first-order valence-corrected chi connectivity index (χ1v) is 10.8. The number of hydrogen-bond acceptors (Lipinski definition) is 4. The molecule has 1 atom stereocenters. The second kappa shape index (κ2) is 7.89. The third kappa shape index (κ3) is 3.97. The number of fused-ring (bicyclic) bond motifs is 1. The van der Waals surface area contributed by atoms with E-state index in [0.29, 0.717) is 17.3 Å². The number of nitrogens with zero attached hydrogens (tertiary/aromatic N) is 1. The SMILES string of the molecule is COc1ccc(NS(=O)(=O)c2cc(F)cc(Cl)c2C)c2c1C[C@@H](N(C)C)CC2. The molecule has 0 fully saturated rings. The molecule has 28 heavy (non-hydrogen) atoms. The number of likely N-dealkylation sites (N-methyl/N-ethyl adjacent to an activating group) is 1. The molecule has 0 amide bonds. The molecular formula is C20H24ClFN2O3S. The highest BCUT2D eigenvalue weighted by molar-refractivity contribution is 7.92. The van der Waals surface area contributed by atoms with Crippen molar-refractivity contribution in [2.24, 2.45) is 0 Å². The Bertz CT molecular complexity index is 1010. The zero-order valence-electron chi connectivity index (χ0n) is 16.3. The van der Waals surface area contributed by atoms with Gasteiger partial charge in [-0.2, -0.15) is 0 Å². The minimum Gasteiger partial charge on any atom is -0.496 e. The van der Waals surface area contributed by atoms with E-state index in [9.17, 15) is 12.8 Å². The van der Waals surface area contributed by atoms with Gasteiger partial charge in [0.1, 0.15) is 11.6 Å². The Morgan fingerprint density at radius 1 is 1.25 bits per heavy atom. The molecule has 0 aliphatic heterocycles. The molecule has 3 rings (SSSR count). The van der Waals surface area contributed by atoms with E-state index in [-0.39, 0.29) is 9.92 Å². The Morgan fingerprint density at radius 3 is 2.61 bits per heavy atom. The molecule has 0 saturated carbocycles. The van der Waals surface area contributed by atoms with Crippen LogP contribution >= 0.6 is 11.6 Å². The molecule has 1 aliphatic carbocycles. The van der Waals surface area contributed by atoms with Crippen molar-refractivity contribution in [1.29, 1.82) is 0 Å². The molecule has 152 valence electrons. The van der Waals surface area contributed by atoms with Crippen molar-refractivity contribution in [2.45, 2.75) is 37.1 Å². The minimum atomic E-state index is -4.00. The van der Waals surface area contributed by atoms with Crippen molar-refractivity contribution in [3.8, 4) is 5.75 Å². The standard InChI is InChI=1S/C20H24ClFN2O3S/c1-12-17(21)9-13(22)10-20(12)28(25,26)23-18-7-8-19(27-4)16-11-14(24(2)3)5-6-15(16)18/h7-10,14,23H,5-6,11H2,1-4H3/t14-/m0/s1. The number of benzene rings is 2. The summed E-state index contributed by atoms with van der Waals surface area (Å²) >= 11 is 5.98. The predicted molar refractivity (Wildman–Crippen MR) is 109 cm³/mol. The summed E-state index contributed by atoms with van der Waals surface area (Å²) in [5, 5.41) is 0.0750. The number of anilines is 1. The number of methoxy groups -OCH3 is 1. The van der Waals surface area contributed by atoms with Crippen LogP contribution in [0.3, 0.4) is 0 Å². The molecule has 0 aromatic heterocycles. The van der Waals surface area contributed by atoms with Gasteiger partial charge in [0.25, 0.3) is 10.0 Å². The van der Waals surface area contributed by atoms with E-state index in [1.54, 1.807) is 26.2 Å². The Balaban J connectivity index is 2.03. The second-order valence-electron chi connectivity index (χ2n) is 7.25. The van der Waals surface area contributed by atoms with Gasteiger partial charge in [-0.3, -0.25) is 4.72 Å². The van der Waals surface area contributed by atoms with Crippen LogP contribution in [0.25, 0.3) is 0 Å². The number of halogens is 2. The average Bonchev–Trinajstić information content (AvgIpc) is 2.64. The first kappa shape index (κ1) is 20.9. The molecule has 0 radical (unpaired) electrons. The normalized spacial score (nSPS) is 16.8. The number of rotatable bonds is 5. The fourth-order valence-corrected chi connectivity index (χ4v) is 5.29. The lowest BCUT2D eigenvalue weighted by molar-refractivity contribution is 0.265. The first-order valence-electron chi connectivity index (χ1n) is 8.97. The molecule has 0 bridgehead atoms. The lowest BCUT2D eigenvalue weighted by Crippen LogP contribution is -2.34. The van der Waals surface area contributed by atoms with E-state index in [4.69, 9.17) is 16.3 Å². The minimum absolute atomic E-state index is 0.0750. The number of nitrogens with one attached hydrogen (secondary N) is 1. The highest BCUT2D eigenvalue weighted by Gasteiger charge is 2.28. The Hall–Kier alpha value is -1.83. The predicted octanol–water partition coefficient (Wildman–Crippen LogP) is 4.02. The maximum Gasteiger partial charge on any atom is 0.262 e. The van der Waals surface area contributed by atoms with E-state index in [2.05, 4.69) is 9.62 Å². The molecule has 0 spiro atoms. The van der Waals surface area contributed by atoms with Gasteiger partial charge in [-0.05, 0) is 75.7 Å². The summed E-state index contributed by atoms with van der Waals surface area (Å²) in [6, 6.07) is 5.91. The van der Waals surface area contributed by atoms with Gasteiger partial charge >= 0.3 is 0 Å². The molecule has 8 heteroatoms. The van der Waals surface area contributed by atoms with Crippen molar-refractivity contribution >= 4 is 27.3 Å². The van der Waals surface area contributed by atoms with Crippen LogP contribution in [0.4, 0.5) is 10.1 Å². The first-order chi connectivity index (χ1) is 13.1. The number of sulfonamides is 1. The van der Waals surface area contributed by atoms with Crippen LogP contribution in [0, 0.1) is 12.7 Å². The fraction of sp³-hybridized carbons (Fsp3) is 0.400. The molecule has 0 unspecified atom stereocenters. The zero-order valence-corrected chi connectivity index (χ0v) is 17.9. The highest BCUT2D eigenvalue weighted by atomic mass is 35.5. The van der Waals surface area contributed by atoms with E-state index < -0.39 is 15.8 Å². The highest BCUT2D eigenvalue weighted by Crippen LogP contribution is 2.37. The van der Waals surface area contributed by atoms with Crippen LogP contribution in [-0.2, 0) is 22.9 Å². The molecule has 0 heterocycles. The van der Waals surface area contributed by atoms with Crippen molar-refractivity contribution < 1.29 is 17.5 Å². The van der Waals surface area contributed by atoms with Gasteiger partial charge in [-0.15, -0.1) is 0 Å². The lowest BCUT2D eigenvalue weighted by atomic mass is 9.86. The second-order valence-corrected chi connectivity index (χ2v) is 9.31. The smallest absolute Gasteiger partial charge is 0.262 e. The van der Waals surface area contributed by atoms with Crippen LogP contribution in [0.1, 0.15) is 23.1 Å². The van der Waals surface area contributed by atoms with Crippen molar-refractivity contribution in [3.63, 3.8) is 0 Å². The van der Waals surface area contributed by atoms with Crippen LogP contribution in [0.2, 0.25) is 5.02 Å². The Kier molecular flexibility index (Phi) is 5.89. The monoisotopic (exact) mass is 426 g/mol. The molecule has 0 saturated heterocycles. The van der Waals surface area contributed by atoms with Gasteiger partial charge in [0.05, 0.1) is 17.7 Å². The largest absolute Gasteiger partial charge is 0.496 e. The van der Waals surface area contributed by atoms with Gasteiger partial charge in [0.2, 0.25) is 0 Å². The summed E-state index contributed by atoms with van der Waals surface area (Å²) in [7, 11) is 1.68. The van der Waals surface area contributed by atoms with E-state index >= 15 is 0 Å². The van der Waals surface area contributed by atoms with Crippen molar-refractivity contribution in [3.05, 3.63) is 51.8 Å². The van der Waals surface area contributed by atoms with E-state index in [1.807, 2.05) is 14.1 Å². The number of ether oxygens (including phenoxy) is 1. The zero-order chi connectivity index (χ0) is 20.6. The van der Waals surface area contributed by atoms with Gasteiger partial charge in [0.15, 0.2) is 0 Å². The molecule has 1 aliphatic rings. The summed E-state index contributed by atoms with van der Waals surface area (Å²) in [6.07, 6.45) is 2.40. The van der Waals surface area contributed by atoms with Crippen LogP contribution in [0.15, 0.2) is 29.2 Å². The fourth-order valence-electron chi connectivity index (χ4n) is 3.66. The van der Waals surface area contributed by atoms with Crippen LogP contribution in [-0.4, -0.2) is 40.6 Å².